The molecule has 0 fully saturated rings. The fourth-order valence-corrected chi connectivity index (χ4v) is 3.54. The van der Waals surface area contributed by atoms with Gasteiger partial charge in [0.2, 0.25) is 0 Å². The van der Waals surface area contributed by atoms with Crippen molar-refractivity contribution in [3.63, 3.8) is 0 Å². The second-order valence-electron chi connectivity index (χ2n) is 7.80. The van der Waals surface area contributed by atoms with Crippen LogP contribution >= 0.6 is 0 Å². The molecule has 6 nitrogen and oxygen atoms in total. The molecular formula is C26H28N6. The molecule has 0 radical (unpaired) electrons. The van der Waals surface area contributed by atoms with Crippen LogP contribution in [-0.2, 0) is 19.6 Å². The van der Waals surface area contributed by atoms with Crippen LogP contribution in [0.2, 0.25) is 0 Å². The van der Waals surface area contributed by atoms with Crippen molar-refractivity contribution in [2.45, 2.75) is 26.6 Å². The van der Waals surface area contributed by atoms with Crippen LogP contribution in [0, 0.1) is 6.92 Å². The second-order valence-corrected chi connectivity index (χ2v) is 7.80. The van der Waals surface area contributed by atoms with E-state index >= 15 is 0 Å². The summed E-state index contributed by atoms with van der Waals surface area (Å²) in [4.78, 5) is 20.3. The standard InChI is InChI=1S/C26H28N6/c1-21-8-12-30-25(16-21)26-17-22(9-13-31-26)19-32(20-24-7-3-5-11-29-24)15-14-27-18-23-6-2-4-10-28-23/h2-13,16-17,27H,14-15,18-20H2,1H3. The summed E-state index contributed by atoms with van der Waals surface area (Å²) in [7, 11) is 0. The lowest BCUT2D eigenvalue weighted by molar-refractivity contribution is 0.253. The van der Waals surface area contributed by atoms with Gasteiger partial charge in [-0.1, -0.05) is 12.1 Å². The van der Waals surface area contributed by atoms with Crippen LogP contribution in [0.25, 0.3) is 11.4 Å². The van der Waals surface area contributed by atoms with E-state index in [4.69, 9.17) is 0 Å². The van der Waals surface area contributed by atoms with Crippen LogP contribution in [0.4, 0.5) is 0 Å². The summed E-state index contributed by atoms with van der Waals surface area (Å²) >= 11 is 0. The highest BCUT2D eigenvalue weighted by molar-refractivity contribution is 5.55. The Morgan fingerprint density at radius 2 is 1.44 bits per heavy atom. The molecule has 0 bridgehead atoms. The molecule has 1 N–H and O–H groups in total. The van der Waals surface area contributed by atoms with Gasteiger partial charge in [0.15, 0.2) is 0 Å². The second kappa shape index (κ2) is 11.2. The predicted molar refractivity (Wildman–Crippen MR) is 126 cm³/mol. The molecule has 0 atom stereocenters. The van der Waals surface area contributed by atoms with Gasteiger partial charge in [-0.15, -0.1) is 0 Å². The van der Waals surface area contributed by atoms with E-state index < -0.39 is 0 Å². The first-order chi connectivity index (χ1) is 15.8. The van der Waals surface area contributed by atoms with Crippen molar-refractivity contribution in [2.24, 2.45) is 0 Å². The predicted octanol–water partition coefficient (Wildman–Crippen LogP) is 4.03. The summed E-state index contributed by atoms with van der Waals surface area (Å²) < 4.78 is 0. The van der Waals surface area contributed by atoms with Crippen molar-refractivity contribution in [1.29, 1.82) is 0 Å². The van der Waals surface area contributed by atoms with E-state index in [1.807, 2.05) is 61.2 Å². The van der Waals surface area contributed by atoms with Crippen molar-refractivity contribution >= 4 is 0 Å². The Morgan fingerprint density at radius 1 is 0.719 bits per heavy atom. The van der Waals surface area contributed by atoms with E-state index in [0.717, 1.165) is 55.5 Å². The Morgan fingerprint density at radius 3 is 2.16 bits per heavy atom. The van der Waals surface area contributed by atoms with Gasteiger partial charge in [0.1, 0.15) is 0 Å². The largest absolute Gasteiger partial charge is 0.310 e. The molecule has 0 saturated carbocycles. The summed E-state index contributed by atoms with van der Waals surface area (Å²) in [5, 5.41) is 3.50. The highest BCUT2D eigenvalue weighted by Crippen LogP contribution is 2.18. The van der Waals surface area contributed by atoms with Crippen molar-refractivity contribution in [1.82, 2.24) is 30.2 Å². The zero-order chi connectivity index (χ0) is 22.0. The normalized spacial score (nSPS) is 11.1. The molecule has 162 valence electrons. The summed E-state index contributed by atoms with van der Waals surface area (Å²) in [6.45, 7) is 6.18. The van der Waals surface area contributed by atoms with Gasteiger partial charge in [-0.25, -0.2) is 0 Å². The molecule has 4 aromatic heterocycles. The van der Waals surface area contributed by atoms with E-state index in [1.165, 1.54) is 11.1 Å². The van der Waals surface area contributed by atoms with Gasteiger partial charge >= 0.3 is 0 Å². The Kier molecular flexibility index (Phi) is 7.63. The van der Waals surface area contributed by atoms with Crippen molar-refractivity contribution in [3.05, 3.63) is 108 Å². The Hall–Kier alpha value is -3.48. The number of aromatic nitrogens is 4. The maximum absolute atomic E-state index is 4.54. The molecule has 4 heterocycles. The van der Waals surface area contributed by atoms with E-state index in [1.54, 1.807) is 0 Å². The molecule has 32 heavy (non-hydrogen) atoms. The minimum absolute atomic E-state index is 0.761. The zero-order valence-corrected chi connectivity index (χ0v) is 18.4. The fraction of sp³-hybridized carbons (Fsp3) is 0.231. The first-order valence-electron chi connectivity index (χ1n) is 10.9. The van der Waals surface area contributed by atoms with Gasteiger partial charge in [0, 0.05) is 57.5 Å². The average Bonchev–Trinajstić information content (AvgIpc) is 2.83. The Labute approximate surface area is 189 Å². The number of aryl methyl sites for hydroxylation is 1. The quantitative estimate of drug-likeness (QED) is 0.388. The van der Waals surface area contributed by atoms with Gasteiger partial charge in [-0.2, -0.15) is 0 Å². The fourth-order valence-electron chi connectivity index (χ4n) is 3.54. The van der Waals surface area contributed by atoms with E-state index in [0.29, 0.717) is 0 Å². The summed E-state index contributed by atoms with van der Waals surface area (Å²) in [6.07, 6.45) is 7.38. The number of hydrogen-bond acceptors (Lipinski definition) is 6. The van der Waals surface area contributed by atoms with Gasteiger partial charge in [-0.05, 0) is 66.6 Å². The number of rotatable bonds is 10. The Balaban J connectivity index is 1.43. The van der Waals surface area contributed by atoms with E-state index in [-0.39, 0.29) is 0 Å². The molecule has 4 rings (SSSR count). The topological polar surface area (TPSA) is 66.8 Å². The van der Waals surface area contributed by atoms with Crippen LogP contribution in [-0.4, -0.2) is 37.9 Å². The van der Waals surface area contributed by atoms with Crippen LogP contribution in [0.15, 0.2) is 85.5 Å². The van der Waals surface area contributed by atoms with Crippen LogP contribution in [0.1, 0.15) is 22.5 Å². The van der Waals surface area contributed by atoms with Gasteiger partial charge in [-0.3, -0.25) is 24.8 Å². The minimum Gasteiger partial charge on any atom is -0.310 e. The van der Waals surface area contributed by atoms with Gasteiger partial charge in [0.05, 0.1) is 22.8 Å². The molecule has 4 aromatic rings. The lowest BCUT2D eigenvalue weighted by Crippen LogP contribution is -2.31. The van der Waals surface area contributed by atoms with E-state index in [9.17, 15) is 0 Å². The van der Waals surface area contributed by atoms with Gasteiger partial charge < -0.3 is 5.32 Å². The van der Waals surface area contributed by atoms with Gasteiger partial charge in [0.25, 0.3) is 0 Å². The van der Waals surface area contributed by atoms with Crippen LogP contribution in [0.5, 0.6) is 0 Å². The van der Waals surface area contributed by atoms with Crippen LogP contribution in [0.3, 0.4) is 0 Å². The molecule has 0 aliphatic heterocycles. The smallest absolute Gasteiger partial charge is 0.0889 e. The molecule has 0 aliphatic rings. The molecule has 0 saturated heterocycles. The maximum Gasteiger partial charge on any atom is 0.0889 e. The first-order valence-corrected chi connectivity index (χ1v) is 10.9. The Bertz CT molecular complexity index is 1100. The third-order valence-electron chi connectivity index (χ3n) is 5.16. The first kappa shape index (κ1) is 21.7. The monoisotopic (exact) mass is 424 g/mol. The molecule has 0 amide bonds. The minimum atomic E-state index is 0.761. The summed E-state index contributed by atoms with van der Waals surface area (Å²) in [5.74, 6) is 0. The molecule has 0 aromatic carbocycles. The van der Waals surface area contributed by atoms with Crippen LogP contribution < -0.4 is 5.32 Å². The van der Waals surface area contributed by atoms with Crippen molar-refractivity contribution < 1.29 is 0 Å². The number of hydrogen-bond donors (Lipinski definition) is 1. The number of nitrogens with zero attached hydrogens (tertiary/aromatic N) is 5. The third-order valence-corrected chi connectivity index (χ3v) is 5.16. The summed E-state index contributed by atoms with van der Waals surface area (Å²) in [5.41, 5.74) is 6.30. The highest BCUT2D eigenvalue weighted by Gasteiger charge is 2.10. The SMILES string of the molecule is Cc1ccnc(-c2cc(CN(CCNCc3ccccn3)Cc3ccccn3)ccn2)c1. The highest BCUT2D eigenvalue weighted by atomic mass is 15.1. The summed E-state index contributed by atoms with van der Waals surface area (Å²) in [6, 6.07) is 20.3. The average molecular weight is 425 g/mol. The molecule has 0 unspecified atom stereocenters. The van der Waals surface area contributed by atoms with E-state index in [2.05, 4.69) is 61.3 Å². The third kappa shape index (κ3) is 6.51. The van der Waals surface area contributed by atoms with Crippen molar-refractivity contribution in [2.75, 3.05) is 13.1 Å². The lowest BCUT2D eigenvalue weighted by Gasteiger charge is -2.22. The maximum atomic E-state index is 4.54. The van der Waals surface area contributed by atoms with Crippen molar-refractivity contribution in [3.8, 4) is 11.4 Å². The molecule has 0 aliphatic carbocycles. The lowest BCUT2D eigenvalue weighted by atomic mass is 10.1. The molecular weight excluding hydrogens is 396 g/mol. The number of nitrogens with one attached hydrogen (secondary N) is 1. The zero-order valence-electron chi connectivity index (χ0n) is 18.4. The number of pyridine rings is 4. The molecule has 6 heteroatoms. The molecule has 0 spiro atoms.